The number of carbonyl (C=O) groups is 2. The molecule has 2 heterocycles. The zero-order valence-electron chi connectivity index (χ0n) is 18.5. The van der Waals surface area contributed by atoms with E-state index in [-0.39, 0.29) is 22.9 Å². The summed E-state index contributed by atoms with van der Waals surface area (Å²) in [6, 6.07) is 8.49. The highest BCUT2D eigenvalue weighted by Crippen LogP contribution is 2.30. The first-order valence-electron chi connectivity index (χ1n) is 10.9. The normalized spacial score (nSPS) is 22.7. The minimum Gasteiger partial charge on any atom is -0.379 e. The highest BCUT2D eigenvalue weighted by molar-refractivity contribution is 7.98. The molecule has 3 rings (SSSR count). The molecule has 1 aromatic carbocycles. The smallest absolute Gasteiger partial charge is 0.220 e. The average Bonchev–Trinajstić information content (AvgIpc) is 3.12. The van der Waals surface area contributed by atoms with E-state index in [9.17, 15) is 9.59 Å². The highest BCUT2D eigenvalue weighted by atomic mass is 32.2. The van der Waals surface area contributed by atoms with Gasteiger partial charge in [-0.3, -0.25) is 14.5 Å². The molecule has 30 heavy (non-hydrogen) atoms. The minimum atomic E-state index is -0.324. The van der Waals surface area contributed by atoms with Crippen molar-refractivity contribution in [1.29, 1.82) is 0 Å². The van der Waals surface area contributed by atoms with Crippen molar-refractivity contribution in [3.05, 3.63) is 29.8 Å². The van der Waals surface area contributed by atoms with Gasteiger partial charge in [0.2, 0.25) is 11.8 Å². The monoisotopic (exact) mass is 433 g/mol. The van der Waals surface area contributed by atoms with Crippen molar-refractivity contribution in [2.75, 3.05) is 39.1 Å². The van der Waals surface area contributed by atoms with E-state index >= 15 is 0 Å². The van der Waals surface area contributed by atoms with E-state index in [0.717, 1.165) is 39.1 Å². The van der Waals surface area contributed by atoms with E-state index in [1.54, 1.807) is 11.8 Å². The Bertz CT molecular complexity index is 732. The Morgan fingerprint density at radius 2 is 1.97 bits per heavy atom. The van der Waals surface area contributed by atoms with Crippen LogP contribution < -0.4 is 10.6 Å². The van der Waals surface area contributed by atoms with Crippen LogP contribution in [-0.4, -0.2) is 66.9 Å². The number of nitrogens with zero attached hydrogens (tertiary/aromatic N) is 1. The first-order chi connectivity index (χ1) is 14.3. The van der Waals surface area contributed by atoms with Gasteiger partial charge in [-0.15, -0.1) is 11.8 Å². The number of morpholine rings is 1. The third-order valence-corrected chi connectivity index (χ3v) is 7.10. The molecular weight excluding hydrogens is 398 g/mol. The zero-order chi connectivity index (χ0) is 21.6. The van der Waals surface area contributed by atoms with Crippen molar-refractivity contribution in [3.63, 3.8) is 0 Å². The summed E-state index contributed by atoms with van der Waals surface area (Å²) in [4.78, 5) is 28.2. The maximum absolute atomic E-state index is 12.6. The molecule has 2 N–H and O–H groups in total. The van der Waals surface area contributed by atoms with Crippen LogP contribution in [0.3, 0.4) is 0 Å². The van der Waals surface area contributed by atoms with Crippen molar-refractivity contribution < 1.29 is 14.3 Å². The minimum absolute atomic E-state index is 0.0505. The second kappa shape index (κ2) is 10.2. The summed E-state index contributed by atoms with van der Waals surface area (Å²) in [5, 5.41) is 6.29. The molecule has 2 aliphatic heterocycles. The van der Waals surface area contributed by atoms with Gasteiger partial charge < -0.3 is 15.4 Å². The number of hydrogen-bond donors (Lipinski definition) is 2. The molecule has 0 spiro atoms. The number of carbonyl (C=O) groups excluding carboxylic acids is 2. The van der Waals surface area contributed by atoms with Gasteiger partial charge in [-0.25, -0.2) is 0 Å². The lowest BCUT2D eigenvalue weighted by molar-refractivity contribution is -0.123. The van der Waals surface area contributed by atoms with Gasteiger partial charge in [-0.05, 0) is 57.1 Å². The SMILES string of the molecule is CSc1ccc(CC2(CCC(=O)NCC(C)(C)N3CCOCC3)CCC(=O)N2)cc1. The van der Waals surface area contributed by atoms with Crippen LogP contribution in [0.2, 0.25) is 0 Å². The molecule has 0 bridgehead atoms. The Kier molecular flexibility index (Phi) is 7.82. The molecule has 2 aliphatic rings. The van der Waals surface area contributed by atoms with Crippen LogP contribution in [0.15, 0.2) is 29.2 Å². The van der Waals surface area contributed by atoms with Crippen molar-refractivity contribution in [2.24, 2.45) is 0 Å². The topological polar surface area (TPSA) is 70.7 Å². The molecule has 6 nitrogen and oxygen atoms in total. The molecule has 0 radical (unpaired) electrons. The Labute approximate surface area is 184 Å². The zero-order valence-corrected chi connectivity index (χ0v) is 19.3. The van der Waals surface area contributed by atoms with Crippen LogP contribution in [0, 0.1) is 0 Å². The maximum atomic E-state index is 12.6. The molecule has 7 heteroatoms. The largest absolute Gasteiger partial charge is 0.379 e. The summed E-state index contributed by atoms with van der Waals surface area (Å²) in [6.07, 6.45) is 5.22. The predicted octanol–water partition coefficient (Wildman–Crippen LogP) is 2.61. The lowest BCUT2D eigenvalue weighted by atomic mass is 9.85. The second-order valence-corrected chi connectivity index (χ2v) is 9.92. The number of nitrogens with one attached hydrogen (secondary N) is 2. The third kappa shape index (κ3) is 6.22. The Hall–Kier alpha value is -1.57. The summed E-state index contributed by atoms with van der Waals surface area (Å²) in [5.74, 6) is 0.138. The third-order valence-electron chi connectivity index (χ3n) is 6.35. The fourth-order valence-electron chi connectivity index (χ4n) is 4.35. The molecule has 2 amide bonds. The molecular formula is C23H35N3O3S. The van der Waals surface area contributed by atoms with Gasteiger partial charge in [0.1, 0.15) is 0 Å². The summed E-state index contributed by atoms with van der Waals surface area (Å²) < 4.78 is 5.43. The standard InChI is InChI=1S/C23H35N3O3S/c1-22(2,26-12-14-29-15-13-26)17-24-20(27)8-10-23(11-9-21(28)25-23)16-18-4-6-19(30-3)7-5-18/h4-7H,8-17H2,1-3H3,(H,24,27)(H,25,28). The molecule has 1 unspecified atom stereocenters. The predicted molar refractivity (Wildman–Crippen MR) is 121 cm³/mol. The summed E-state index contributed by atoms with van der Waals surface area (Å²) in [6.45, 7) is 8.22. The maximum Gasteiger partial charge on any atom is 0.220 e. The van der Waals surface area contributed by atoms with Gasteiger partial charge in [0, 0.05) is 48.4 Å². The lowest BCUT2D eigenvalue weighted by Crippen LogP contribution is -2.55. The molecule has 0 aliphatic carbocycles. The Morgan fingerprint density at radius 1 is 1.27 bits per heavy atom. The van der Waals surface area contributed by atoms with Gasteiger partial charge in [0.25, 0.3) is 0 Å². The van der Waals surface area contributed by atoms with Crippen LogP contribution in [0.4, 0.5) is 0 Å². The number of rotatable bonds is 9. The van der Waals surface area contributed by atoms with Crippen LogP contribution in [0.5, 0.6) is 0 Å². The Morgan fingerprint density at radius 3 is 2.57 bits per heavy atom. The highest BCUT2D eigenvalue weighted by Gasteiger charge is 2.38. The van der Waals surface area contributed by atoms with Crippen molar-refractivity contribution in [1.82, 2.24) is 15.5 Å². The van der Waals surface area contributed by atoms with E-state index in [0.29, 0.717) is 25.8 Å². The summed E-state index contributed by atoms with van der Waals surface area (Å²) in [7, 11) is 0. The fraction of sp³-hybridized carbons (Fsp3) is 0.652. The number of benzene rings is 1. The van der Waals surface area contributed by atoms with Crippen LogP contribution in [0.1, 0.15) is 45.1 Å². The molecule has 2 fully saturated rings. The van der Waals surface area contributed by atoms with Crippen LogP contribution >= 0.6 is 11.8 Å². The lowest BCUT2D eigenvalue weighted by Gasteiger charge is -2.41. The average molecular weight is 434 g/mol. The number of thioether (sulfide) groups is 1. The van der Waals surface area contributed by atoms with Gasteiger partial charge in [0.15, 0.2) is 0 Å². The van der Waals surface area contributed by atoms with E-state index < -0.39 is 0 Å². The Balaban J connectivity index is 1.53. The second-order valence-electron chi connectivity index (χ2n) is 9.04. The van der Waals surface area contributed by atoms with E-state index in [2.05, 4.69) is 59.9 Å². The van der Waals surface area contributed by atoms with Gasteiger partial charge >= 0.3 is 0 Å². The molecule has 0 saturated carbocycles. The summed E-state index contributed by atoms with van der Waals surface area (Å²) in [5.41, 5.74) is 0.774. The number of hydrogen-bond acceptors (Lipinski definition) is 5. The number of amides is 2. The first-order valence-corrected chi connectivity index (χ1v) is 12.1. The van der Waals surface area contributed by atoms with Crippen LogP contribution in [0.25, 0.3) is 0 Å². The first kappa shape index (κ1) is 23.1. The molecule has 166 valence electrons. The molecule has 1 aromatic rings. The van der Waals surface area contributed by atoms with Crippen LogP contribution in [-0.2, 0) is 20.7 Å². The molecule has 2 saturated heterocycles. The van der Waals surface area contributed by atoms with E-state index in [1.165, 1.54) is 10.5 Å². The van der Waals surface area contributed by atoms with E-state index in [1.807, 2.05) is 0 Å². The van der Waals surface area contributed by atoms with E-state index in [4.69, 9.17) is 4.74 Å². The fourth-order valence-corrected chi connectivity index (χ4v) is 4.76. The number of ether oxygens (including phenoxy) is 1. The quantitative estimate of drug-likeness (QED) is 0.586. The molecule has 0 aromatic heterocycles. The molecule has 1 atom stereocenters. The van der Waals surface area contributed by atoms with Crippen molar-refractivity contribution in [2.45, 2.75) is 61.9 Å². The van der Waals surface area contributed by atoms with Crippen molar-refractivity contribution in [3.8, 4) is 0 Å². The van der Waals surface area contributed by atoms with Gasteiger partial charge in [-0.1, -0.05) is 12.1 Å². The van der Waals surface area contributed by atoms with Crippen molar-refractivity contribution >= 4 is 23.6 Å². The van der Waals surface area contributed by atoms with Gasteiger partial charge in [-0.2, -0.15) is 0 Å². The van der Waals surface area contributed by atoms with Gasteiger partial charge in [0.05, 0.1) is 13.2 Å². The summed E-state index contributed by atoms with van der Waals surface area (Å²) >= 11 is 1.72.